The summed E-state index contributed by atoms with van der Waals surface area (Å²) in [5.41, 5.74) is -2.39. The predicted molar refractivity (Wildman–Crippen MR) is 113 cm³/mol. The molecule has 9 heteroatoms. The summed E-state index contributed by atoms with van der Waals surface area (Å²) in [7, 11) is 0. The topological polar surface area (TPSA) is 29.5 Å². The first-order chi connectivity index (χ1) is 15.9. The number of hydrogen-bond acceptors (Lipinski definition) is 2. The molecule has 0 spiro atoms. The van der Waals surface area contributed by atoms with Crippen LogP contribution in [0.3, 0.4) is 0 Å². The van der Waals surface area contributed by atoms with E-state index >= 15 is 0 Å². The minimum atomic E-state index is -4.91. The van der Waals surface area contributed by atoms with Gasteiger partial charge in [-0.3, -0.25) is 4.79 Å². The van der Waals surface area contributed by atoms with E-state index in [4.69, 9.17) is 4.74 Å². The van der Waals surface area contributed by atoms with Crippen LogP contribution < -0.4 is 0 Å². The number of rotatable bonds is 6. The van der Waals surface area contributed by atoms with Crippen molar-refractivity contribution in [3.8, 4) is 0 Å². The van der Waals surface area contributed by atoms with Gasteiger partial charge >= 0.3 is 12.4 Å². The number of nitrogens with zero attached hydrogens (tertiary/aromatic N) is 1. The fourth-order valence-corrected chi connectivity index (χ4v) is 4.94. The summed E-state index contributed by atoms with van der Waals surface area (Å²) in [6, 6.07) is 11.1. The van der Waals surface area contributed by atoms with E-state index in [0.717, 1.165) is 12.0 Å². The Balaban J connectivity index is 1.55. The molecule has 2 aromatic carbocycles. The van der Waals surface area contributed by atoms with E-state index in [2.05, 4.69) is 0 Å². The van der Waals surface area contributed by atoms with E-state index in [9.17, 15) is 31.1 Å². The summed E-state index contributed by atoms with van der Waals surface area (Å²) in [4.78, 5) is 14.0. The van der Waals surface area contributed by atoms with Gasteiger partial charge in [-0.15, -0.1) is 0 Å². The molecule has 1 saturated heterocycles. The van der Waals surface area contributed by atoms with Crippen LogP contribution in [0.1, 0.15) is 61.0 Å². The maximum absolute atomic E-state index is 13.2. The predicted octanol–water partition coefficient (Wildman–Crippen LogP) is 6.52. The molecule has 0 radical (unpaired) electrons. The number of alkyl halides is 6. The standard InChI is InChI=1S/C25H25F6NO2/c1-16(17-10-19(24(26,27)28)12-20(11-17)25(29,30)31)34-15-23(18-6-3-2-4-7-18)13-21(14-23)32-9-5-8-22(32)33/h2-4,6-7,10-12,16,21H,5,8-9,13-15H2,1H3/t16-,21?,23?/m1/s1. The number of hydrogen-bond donors (Lipinski definition) is 0. The highest BCUT2D eigenvalue weighted by Crippen LogP contribution is 2.48. The summed E-state index contributed by atoms with van der Waals surface area (Å²) in [6.07, 6.45) is -8.21. The van der Waals surface area contributed by atoms with E-state index in [1.807, 2.05) is 35.2 Å². The van der Waals surface area contributed by atoms with Gasteiger partial charge in [-0.05, 0) is 55.5 Å². The highest BCUT2D eigenvalue weighted by molar-refractivity contribution is 5.78. The maximum atomic E-state index is 13.2. The largest absolute Gasteiger partial charge is 0.416 e. The van der Waals surface area contributed by atoms with Crippen LogP contribution >= 0.6 is 0 Å². The SMILES string of the molecule is C[C@@H](OCC1(c2ccccc2)CC(N2CCCC2=O)C1)c1cc(C(F)(F)F)cc(C(F)(F)F)c1. The number of ether oxygens (including phenoxy) is 1. The zero-order valence-corrected chi connectivity index (χ0v) is 18.5. The van der Waals surface area contributed by atoms with Gasteiger partial charge in [-0.2, -0.15) is 26.3 Å². The molecule has 34 heavy (non-hydrogen) atoms. The van der Waals surface area contributed by atoms with E-state index in [1.54, 1.807) is 0 Å². The molecule has 0 aromatic heterocycles. The zero-order chi connectivity index (χ0) is 24.7. The number of halogens is 6. The Labute approximate surface area is 193 Å². The monoisotopic (exact) mass is 485 g/mol. The molecule has 1 atom stereocenters. The van der Waals surface area contributed by atoms with E-state index in [0.29, 0.717) is 37.9 Å². The lowest BCUT2D eigenvalue weighted by Crippen LogP contribution is -2.55. The third kappa shape index (κ3) is 4.94. The molecule has 2 fully saturated rings. The third-order valence-electron chi connectivity index (χ3n) is 6.88. The van der Waals surface area contributed by atoms with Gasteiger partial charge < -0.3 is 9.64 Å². The Kier molecular flexibility index (Phi) is 6.44. The Morgan fingerprint density at radius 2 is 1.59 bits per heavy atom. The Bertz CT molecular complexity index is 996. The normalized spacial score (nSPS) is 24.3. The van der Waals surface area contributed by atoms with Gasteiger partial charge in [0.05, 0.1) is 23.8 Å². The van der Waals surface area contributed by atoms with Crippen LogP contribution in [0.5, 0.6) is 0 Å². The first kappa shape index (κ1) is 24.6. The fourth-order valence-electron chi connectivity index (χ4n) is 4.94. The summed E-state index contributed by atoms with van der Waals surface area (Å²) < 4.78 is 85.4. The van der Waals surface area contributed by atoms with Crippen LogP contribution in [-0.2, 0) is 27.3 Å². The van der Waals surface area contributed by atoms with Crippen LogP contribution in [-0.4, -0.2) is 30.0 Å². The van der Waals surface area contributed by atoms with Gasteiger partial charge in [-0.1, -0.05) is 30.3 Å². The minimum Gasteiger partial charge on any atom is -0.373 e. The molecule has 2 aliphatic rings. The molecule has 3 nitrogen and oxygen atoms in total. The van der Waals surface area contributed by atoms with E-state index < -0.39 is 35.0 Å². The molecule has 1 amide bonds. The quantitative estimate of drug-likeness (QED) is 0.436. The van der Waals surface area contributed by atoms with Crippen molar-refractivity contribution in [1.29, 1.82) is 0 Å². The molecule has 2 aromatic rings. The molecule has 0 bridgehead atoms. The van der Waals surface area contributed by atoms with Crippen LogP contribution in [0.2, 0.25) is 0 Å². The van der Waals surface area contributed by atoms with Crippen LogP contribution in [0.25, 0.3) is 0 Å². The highest BCUT2D eigenvalue weighted by atomic mass is 19.4. The van der Waals surface area contributed by atoms with Crippen LogP contribution in [0.15, 0.2) is 48.5 Å². The summed E-state index contributed by atoms with van der Waals surface area (Å²) in [5.74, 6) is 0.115. The summed E-state index contributed by atoms with van der Waals surface area (Å²) in [6.45, 7) is 2.28. The lowest BCUT2D eigenvalue weighted by Gasteiger charge is -2.51. The van der Waals surface area contributed by atoms with Gasteiger partial charge in [-0.25, -0.2) is 0 Å². The second-order valence-electron chi connectivity index (χ2n) is 9.19. The van der Waals surface area contributed by atoms with Crippen molar-refractivity contribution in [2.75, 3.05) is 13.2 Å². The molecule has 1 heterocycles. The highest BCUT2D eigenvalue weighted by Gasteiger charge is 2.50. The van der Waals surface area contributed by atoms with Crippen molar-refractivity contribution in [3.63, 3.8) is 0 Å². The first-order valence-electron chi connectivity index (χ1n) is 11.1. The van der Waals surface area contributed by atoms with Gasteiger partial charge in [0, 0.05) is 24.4 Å². The molecule has 0 unspecified atom stereocenters. The first-order valence-corrected chi connectivity index (χ1v) is 11.1. The molecule has 184 valence electrons. The van der Waals surface area contributed by atoms with Gasteiger partial charge in [0.2, 0.25) is 5.91 Å². The second-order valence-corrected chi connectivity index (χ2v) is 9.19. The molecular weight excluding hydrogens is 460 g/mol. The van der Waals surface area contributed by atoms with Gasteiger partial charge in [0.25, 0.3) is 0 Å². The number of carbonyl (C=O) groups excluding carboxylic acids is 1. The number of likely N-dealkylation sites (tertiary alicyclic amines) is 1. The van der Waals surface area contributed by atoms with Gasteiger partial charge in [0.15, 0.2) is 0 Å². The Morgan fingerprint density at radius 1 is 1.00 bits per heavy atom. The fraction of sp³-hybridized carbons (Fsp3) is 0.480. The second kappa shape index (κ2) is 8.91. The molecule has 1 aliphatic carbocycles. The van der Waals surface area contributed by atoms with E-state index in [1.165, 1.54) is 6.92 Å². The lowest BCUT2D eigenvalue weighted by molar-refractivity contribution is -0.143. The molecule has 0 N–H and O–H groups in total. The van der Waals surface area contributed by atoms with Crippen LogP contribution in [0.4, 0.5) is 26.3 Å². The van der Waals surface area contributed by atoms with Crippen molar-refractivity contribution in [3.05, 3.63) is 70.8 Å². The zero-order valence-electron chi connectivity index (χ0n) is 18.5. The number of carbonyl (C=O) groups is 1. The lowest BCUT2D eigenvalue weighted by atomic mass is 9.61. The number of amides is 1. The summed E-state index contributed by atoms with van der Waals surface area (Å²) >= 11 is 0. The van der Waals surface area contributed by atoms with E-state index in [-0.39, 0.29) is 30.2 Å². The van der Waals surface area contributed by atoms with Crippen molar-refractivity contribution in [2.24, 2.45) is 0 Å². The summed E-state index contributed by atoms with van der Waals surface area (Å²) in [5, 5.41) is 0. The smallest absolute Gasteiger partial charge is 0.373 e. The van der Waals surface area contributed by atoms with Crippen molar-refractivity contribution in [2.45, 2.75) is 62.5 Å². The van der Waals surface area contributed by atoms with Crippen molar-refractivity contribution < 1.29 is 35.9 Å². The van der Waals surface area contributed by atoms with Gasteiger partial charge in [0.1, 0.15) is 0 Å². The molecular formula is C25H25F6NO2. The van der Waals surface area contributed by atoms with Crippen molar-refractivity contribution >= 4 is 5.91 Å². The third-order valence-corrected chi connectivity index (χ3v) is 6.88. The minimum absolute atomic E-state index is 0.0551. The van der Waals surface area contributed by atoms with Crippen molar-refractivity contribution in [1.82, 2.24) is 4.90 Å². The molecule has 1 saturated carbocycles. The maximum Gasteiger partial charge on any atom is 0.416 e. The molecule has 4 rings (SSSR count). The van der Waals surface area contributed by atoms with Crippen LogP contribution in [0, 0.1) is 0 Å². The Morgan fingerprint density at radius 3 is 2.09 bits per heavy atom. The Hall–Kier alpha value is -2.55. The average molecular weight is 485 g/mol. The molecule has 1 aliphatic heterocycles. The number of benzene rings is 2. The average Bonchev–Trinajstić information content (AvgIpc) is 3.17.